The van der Waals surface area contributed by atoms with Crippen LogP contribution in [-0.4, -0.2) is 24.7 Å². The molecule has 5 nitrogen and oxygen atoms in total. The molecule has 0 bridgehead atoms. The molecule has 140 valence electrons. The van der Waals surface area contributed by atoms with Crippen molar-refractivity contribution in [2.45, 2.75) is 17.5 Å². The molecule has 0 N–H and O–H groups in total. The number of allylic oxidation sites excluding steroid dienone is 1. The fourth-order valence-corrected chi connectivity index (χ4v) is 4.54. The summed E-state index contributed by atoms with van der Waals surface area (Å²) >= 11 is 9.20. The summed E-state index contributed by atoms with van der Waals surface area (Å²) in [5.41, 5.74) is 3.06. The van der Waals surface area contributed by atoms with Crippen LogP contribution in [0.2, 0.25) is 5.02 Å². The predicted molar refractivity (Wildman–Crippen MR) is 116 cm³/mol. The van der Waals surface area contributed by atoms with Crippen LogP contribution in [0.5, 0.6) is 0 Å². The van der Waals surface area contributed by atoms with Gasteiger partial charge in [-0.25, -0.2) is 4.98 Å². The molecular formula is C20H16ClN5S2. The molecule has 3 aromatic heterocycles. The maximum absolute atomic E-state index is 5.96. The van der Waals surface area contributed by atoms with Crippen LogP contribution in [0, 0.1) is 0 Å². The highest BCUT2D eigenvalue weighted by Gasteiger charge is 2.14. The van der Waals surface area contributed by atoms with Gasteiger partial charge in [0.1, 0.15) is 5.01 Å². The number of rotatable bonds is 7. The Morgan fingerprint density at radius 1 is 1.07 bits per heavy atom. The lowest BCUT2D eigenvalue weighted by atomic mass is 10.2. The van der Waals surface area contributed by atoms with E-state index in [0.29, 0.717) is 6.54 Å². The second-order valence-electron chi connectivity index (χ2n) is 5.88. The SMILES string of the molecule is C=CCn1c(SCc2csc(-c3ccc(Cl)cc3)n2)nnc1-c1ccncc1. The van der Waals surface area contributed by atoms with Crippen LogP contribution in [-0.2, 0) is 12.3 Å². The lowest BCUT2D eigenvalue weighted by Gasteiger charge is -2.07. The number of hydrogen-bond donors (Lipinski definition) is 0. The van der Waals surface area contributed by atoms with Gasteiger partial charge in [0, 0.05) is 46.2 Å². The van der Waals surface area contributed by atoms with Gasteiger partial charge in [0.15, 0.2) is 11.0 Å². The van der Waals surface area contributed by atoms with Crippen LogP contribution in [0.1, 0.15) is 5.69 Å². The van der Waals surface area contributed by atoms with Gasteiger partial charge in [-0.05, 0) is 24.3 Å². The molecule has 0 aliphatic heterocycles. The molecule has 0 saturated heterocycles. The standard InChI is InChI=1S/C20H16ClN5S2/c1-2-11-26-18(14-7-9-22-10-8-14)24-25-20(26)28-13-17-12-27-19(23-17)15-3-5-16(21)6-4-15/h2-10,12H,1,11,13H2. The summed E-state index contributed by atoms with van der Waals surface area (Å²) in [6.45, 7) is 4.49. The number of nitrogens with zero attached hydrogens (tertiary/aromatic N) is 5. The Morgan fingerprint density at radius 3 is 2.61 bits per heavy atom. The quantitative estimate of drug-likeness (QED) is 0.285. The van der Waals surface area contributed by atoms with Gasteiger partial charge in [-0.3, -0.25) is 9.55 Å². The highest BCUT2D eigenvalue weighted by molar-refractivity contribution is 7.98. The van der Waals surface area contributed by atoms with Crippen LogP contribution in [0.15, 0.2) is 72.0 Å². The molecule has 0 fully saturated rings. The van der Waals surface area contributed by atoms with E-state index in [4.69, 9.17) is 16.6 Å². The van der Waals surface area contributed by atoms with E-state index in [1.807, 2.05) is 42.5 Å². The second-order valence-corrected chi connectivity index (χ2v) is 8.12. The van der Waals surface area contributed by atoms with Crippen LogP contribution < -0.4 is 0 Å². The van der Waals surface area contributed by atoms with Gasteiger partial charge in [0.25, 0.3) is 0 Å². The number of halogens is 1. The molecule has 0 aliphatic carbocycles. The lowest BCUT2D eigenvalue weighted by molar-refractivity contribution is 0.731. The Hall–Kier alpha value is -2.48. The molecule has 0 atom stereocenters. The highest BCUT2D eigenvalue weighted by atomic mass is 35.5. The van der Waals surface area contributed by atoms with E-state index < -0.39 is 0 Å². The maximum Gasteiger partial charge on any atom is 0.192 e. The van der Waals surface area contributed by atoms with Crippen molar-refractivity contribution in [2.75, 3.05) is 0 Å². The number of benzene rings is 1. The number of thioether (sulfide) groups is 1. The first kappa shape index (κ1) is 18.9. The monoisotopic (exact) mass is 425 g/mol. The molecule has 8 heteroatoms. The number of aromatic nitrogens is 5. The Balaban J connectivity index is 1.52. The van der Waals surface area contributed by atoms with Crippen molar-refractivity contribution in [3.05, 3.63) is 77.5 Å². The minimum absolute atomic E-state index is 0.639. The summed E-state index contributed by atoms with van der Waals surface area (Å²) < 4.78 is 2.06. The molecule has 3 heterocycles. The summed E-state index contributed by atoms with van der Waals surface area (Å²) in [5, 5.41) is 13.4. The average molecular weight is 426 g/mol. The molecule has 0 radical (unpaired) electrons. The molecule has 28 heavy (non-hydrogen) atoms. The van der Waals surface area contributed by atoms with Gasteiger partial charge >= 0.3 is 0 Å². The zero-order chi connectivity index (χ0) is 19.3. The number of hydrogen-bond acceptors (Lipinski definition) is 6. The Labute approximate surface area is 176 Å². The van der Waals surface area contributed by atoms with Gasteiger partial charge in [0.2, 0.25) is 0 Å². The maximum atomic E-state index is 5.96. The van der Waals surface area contributed by atoms with E-state index in [1.165, 1.54) is 0 Å². The van der Waals surface area contributed by atoms with Crippen LogP contribution in [0.4, 0.5) is 0 Å². The van der Waals surface area contributed by atoms with Gasteiger partial charge in [0.05, 0.1) is 5.69 Å². The van der Waals surface area contributed by atoms with Crippen molar-refractivity contribution in [1.82, 2.24) is 24.7 Å². The van der Waals surface area contributed by atoms with Crippen molar-refractivity contribution in [3.63, 3.8) is 0 Å². The molecular weight excluding hydrogens is 410 g/mol. The van der Waals surface area contributed by atoms with Crippen molar-refractivity contribution in [3.8, 4) is 22.0 Å². The van der Waals surface area contributed by atoms with Gasteiger partial charge in [-0.1, -0.05) is 41.6 Å². The number of thiazole rings is 1. The molecule has 1 aromatic carbocycles. The van der Waals surface area contributed by atoms with E-state index in [1.54, 1.807) is 35.5 Å². The average Bonchev–Trinajstić information content (AvgIpc) is 3.35. The Bertz CT molecular complexity index is 1070. The Kier molecular flexibility index (Phi) is 5.85. The molecule has 0 spiro atoms. The fourth-order valence-electron chi connectivity index (χ4n) is 2.64. The van der Waals surface area contributed by atoms with Gasteiger partial charge in [-0.15, -0.1) is 28.1 Å². The van der Waals surface area contributed by atoms with Gasteiger partial charge in [-0.2, -0.15) is 0 Å². The third-order valence-corrected chi connectivity index (χ3v) is 6.15. The first-order valence-electron chi connectivity index (χ1n) is 8.52. The summed E-state index contributed by atoms with van der Waals surface area (Å²) in [4.78, 5) is 8.80. The zero-order valence-electron chi connectivity index (χ0n) is 14.8. The summed E-state index contributed by atoms with van der Waals surface area (Å²) in [6, 6.07) is 11.6. The summed E-state index contributed by atoms with van der Waals surface area (Å²) in [6.07, 6.45) is 5.35. The molecule has 0 saturated carbocycles. The first-order chi connectivity index (χ1) is 13.7. The largest absolute Gasteiger partial charge is 0.298 e. The van der Waals surface area contributed by atoms with Crippen LogP contribution >= 0.6 is 34.7 Å². The van der Waals surface area contributed by atoms with E-state index >= 15 is 0 Å². The van der Waals surface area contributed by atoms with Crippen molar-refractivity contribution < 1.29 is 0 Å². The molecule has 4 rings (SSSR count). The fraction of sp³-hybridized carbons (Fsp3) is 0.100. The highest BCUT2D eigenvalue weighted by Crippen LogP contribution is 2.29. The van der Waals surface area contributed by atoms with Crippen molar-refractivity contribution >= 4 is 34.7 Å². The van der Waals surface area contributed by atoms with E-state index in [0.717, 1.165) is 43.6 Å². The molecule has 4 aromatic rings. The van der Waals surface area contributed by atoms with E-state index in [-0.39, 0.29) is 0 Å². The predicted octanol–water partition coefficient (Wildman–Crippen LogP) is 5.60. The topological polar surface area (TPSA) is 56.5 Å². The molecule has 0 aliphatic rings. The third-order valence-electron chi connectivity index (χ3n) is 3.96. The van der Waals surface area contributed by atoms with Crippen LogP contribution in [0.25, 0.3) is 22.0 Å². The number of pyridine rings is 1. The van der Waals surface area contributed by atoms with Crippen LogP contribution in [0.3, 0.4) is 0 Å². The van der Waals surface area contributed by atoms with Gasteiger partial charge < -0.3 is 0 Å². The first-order valence-corrected chi connectivity index (χ1v) is 10.8. The van der Waals surface area contributed by atoms with Crippen molar-refractivity contribution in [2.24, 2.45) is 0 Å². The van der Waals surface area contributed by atoms with E-state index in [9.17, 15) is 0 Å². The molecule has 0 amide bonds. The lowest BCUT2D eigenvalue weighted by Crippen LogP contribution is -2.00. The summed E-state index contributed by atoms with van der Waals surface area (Å²) in [5.74, 6) is 1.53. The smallest absolute Gasteiger partial charge is 0.192 e. The summed E-state index contributed by atoms with van der Waals surface area (Å²) in [7, 11) is 0. The third kappa shape index (κ3) is 4.16. The van der Waals surface area contributed by atoms with Crippen molar-refractivity contribution in [1.29, 1.82) is 0 Å². The molecule has 0 unspecified atom stereocenters. The minimum Gasteiger partial charge on any atom is -0.298 e. The second kappa shape index (κ2) is 8.68. The normalized spacial score (nSPS) is 10.9. The van der Waals surface area contributed by atoms with E-state index in [2.05, 4.69) is 31.7 Å². The minimum atomic E-state index is 0.639. The zero-order valence-corrected chi connectivity index (χ0v) is 17.2. The Morgan fingerprint density at radius 2 is 1.86 bits per heavy atom.